The van der Waals surface area contributed by atoms with E-state index in [1.54, 1.807) is 43.9 Å². The van der Waals surface area contributed by atoms with Gasteiger partial charge in [-0.1, -0.05) is 0 Å². The molecule has 2 aromatic rings. The van der Waals surface area contributed by atoms with Crippen LogP contribution in [0.3, 0.4) is 0 Å². The number of nitrogens with zero attached hydrogens (tertiary/aromatic N) is 2. The Kier molecular flexibility index (Phi) is 7.56. The van der Waals surface area contributed by atoms with Crippen LogP contribution < -0.4 is 10.1 Å². The molecule has 4 rings (SSSR count). The highest BCUT2D eigenvalue weighted by Crippen LogP contribution is 2.26. The van der Waals surface area contributed by atoms with Crippen molar-refractivity contribution >= 4 is 29.8 Å². The molecule has 0 aromatic heterocycles. The zero-order chi connectivity index (χ0) is 26.7. The normalized spacial score (nSPS) is 15.6. The monoisotopic (exact) mass is 507 g/mol. The second kappa shape index (κ2) is 10.8. The lowest BCUT2D eigenvalue weighted by molar-refractivity contribution is 0.0607. The van der Waals surface area contributed by atoms with Gasteiger partial charge in [0.1, 0.15) is 5.75 Å². The number of likely N-dealkylation sites (tertiary alicyclic amines) is 1. The molecule has 2 aliphatic rings. The number of amides is 4. The summed E-state index contributed by atoms with van der Waals surface area (Å²) in [5.41, 5.74) is 1.33. The van der Waals surface area contributed by atoms with Gasteiger partial charge in [0.2, 0.25) is 0 Å². The number of ether oxygens (including phenoxy) is 2. The summed E-state index contributed by atoms with van der Waals surface area (Å²) in [6.07, 6.45) is 0.346. The Hall–Kier alpha value is -4.21. The Morgan fingerprint density at radius 2 is 1.57 bits per heavy atom. The highest BCUT2D eigenvalue weighted by molar-refractivity contribution is 6.22. The van der Waals surface area contributed by atoms with E-state index in [0.29, 0.717) is 42.6 Å². The summed E-state index contributed by atoms with van der Waals surface area (Å²) in [7, 11) is 0. The molecule has 0 unspecified atom stereocenters. The summed E-state index contributed by atoms with van der Waals surface area (Å²) < 4.78 is 9.74. The Bertz CT molecular complexity index is 1230. The third-order valence-corrected chi connectivity index (χ3v) is 6.38. The summed E-state index contributed by atoms with van der Waals surface area (Å²) >= 11 is 0. The van der Waals surface area contributed by atoms with Crippen molar-refractivity contribution < 1.29 is 33.4 Å². The van der Waals surface area contributed by atoms with Gasteiger partial charge in [-0.25, -0.2) is 4.79 Å². The number of carbonyl (C=O) groups excluding carboxylic acids is 5. The van der Waals surface area contributed by atoms with E-state index in [2.05, 4.69) is 5.32 Å². The first kappa shape index (κ1) is 25.9. The fraction of sp³-hybridized carbons (Fsp3) is 0.370. The Balaban J connectivity index is 1.31. The summed E-state index contributed by atoms with van der Waals surface area (Å²) in [6, 6.07) is 10.4. The molecule has 2 aliphatic heterocycles. The molecule has 2 heterocycles. The number of rotatable bonds is 6. The standard InChI is InChI=1S/C27H29N3O7/c1-4-36-27(35)37-20-8-5-17(6-9-20)24(32)29-13-11-19(12-14-29)28-23(31)18-7-10-21-22(15-18)26(34)30(16(2)3)25(21)33/h5-10,15-16,19H,4,11-14H2,1-3H3,(H,28,31). The van der Waals surface area contributed by atoms with Crippen LogP contribution in [0.4, 0.5) is 4.79 Å². The molecule has 10 nitrogen and oxygen atoms in total. The topological polar surface area (TPSA) is 122 Å². The SMILES string of the molecule is CCOC(=O)Oc1ccc(C(=O)N2CCC(NC(=O)c3ccc4c(c3)C(=O)N(C(C)C)C4=O)CC2)cc1. The lowest BCUT2D eigenvalue weighted by Crippen LogP contribution is -2.46. The Morgan fingerprint density at radius 1 is 0.946 bits per heavy atom. The summed E-state index contributed by atoms with van der Waals surface area (Å²) in [5, 5.41) is 2.97. The van der Waals surface area contributed by atoms with Crippen LogP contribution in [-0.4, -0.2) is 71.4 Å². The molecule has 0 bridgehead atoms. The van der Waals surface area contributed by atoms with Crippen molar-refractivity contribution in [3.63, 3.8) is 0 Å². The molecule has 10 heteroatoms. The highest BCUT2D eigenvalue weighted by atomic mass is 16.7. The summed E-state index contributed by atoms with van der Waals surface area (Å²) in [5.74, 6) is -0.931. The van der Waals surface area contributed by atoms with E-state index in [9.17, 15) is 24.0 Å². The van der Waals surface area contributed by atoms with Crippen molar-refractivity contribution in [2.24, 2.45) is 0 Å². The van der Waals surface area contributed by atoms with Gasteiger partial charge in [-0.2, -0.15) is 0 Å². The largest absolute Gasteiger partial charge is 0.513 e. The zero-order valence-corrected chi connectivity index (χ0v) is 21.0. The number of hydrogen-bond donors (Lipinski definition) is 1. The maximum atomic E-state index is 12.9. The van der Waals surface area contributed by atoms with E-state index < -0.39 is 12.1 Å². The van der Waals surface area contributed by atoms with Gasteiger partial charge in [0.25, 0.3) is 23.6 Å². The summed E-state index contributed by atoms with van der Waals surface area (Å²) in [4.78, 5) is 65.1. The number of imide groups is 1. The predicted octanol–water partition coefficient (Wildman–Crippen LogP) is 3.26. The molecule has 0 aliphatic carbocycles. The van der Waals surface area contributed by atoms with Crippen LogP contribution in [0.15, 0.2) is 42.5 Å². The second-order valence-corrected chi connectivity index (χ2v) is 9.18. The van der Waals surface area contributed by atoms with Crippen LogP contribution in [0.25, 0.3) is 0 Å². The first-order valence-corrected chi connectivity index (χ1v) is 12.3. The number of fused-ring (bicyclic) bond motifs is 1. The van der Waals surface area contributed by atoms with Gasteiger partial charge in [0.15, 0.2) is 0 Å². The third-order valence-electron chi connectivity index (χ3n) is 6.38. The summed E-state index contributed by atoms with van der Waals surface area (Å²) in [6.45, 7) is 6.34. The fourth-order valence-corrected chi connectivity index (χ4v) is 4.46. The number of benzene rings is 2. The second-order valence-electron chi connectivity index (χ2n) is 9.18. The molecule has 1 saturated heterocycles. The van der Waals surface area contributed by atoms with E-state index in [4.69, 9.17) is 9.47 Å². The number of hydrogen-bond acceptors (Lipinski definition) is 7. The molecule has 1 fully saturated rings. The minimum Gasteiger partial charge on any atom is -0.434 e. The van der Waals surface area contributed by atoms with E-state index >= 15 is 0 Å². The molecule has 194 valence electrons. The average Bonchev–Trinajstić information content (AvgIpc) is 3.14. The quantitative estimate of drug-likeness (QED) is 0.362. The minimum absolute atomic E-state index is 0.130. The van der Waals surface area contributed by atoms with Gasteiger partial charge in [-0.05, 0) is 76.1 Å². The van der Waals surface area contributed by atoms with Crippen molar-refractivity contribution in [1.29, 1.82) is 0 Å². The van der Waals surface area contributed by atoms with Crippen LogP contribution in [0.5, 0.6) is 5.75 Å². The van der Waals surface area contributed by atoms with Crippen molar-refractivity contribution in [2.75, 3.05) is 19.7 Å². The highest BCUT2D eigenvalue weighted by Gasteiger charge is 2.37. The predicted molar refractivity (Wildman–Crippen MR) is 133 cm³/mol. The number of nitrogens with one attached hydrogen (secondary N) is 1. The molecule has 37 heavy (non-hydrogen) atoms. The van der Waals surface area contributed by atoms with E-state index in [-0.39, 0.29) is 47.7 Å². The molecule has 0 saturated carbocycles. The molecule has 4 amide bonds. The number of piperidine rings is 1. The van der Waals surface area contributed by atoms with Gasteiger partial charge < -0.3 is 19.7 Å². The minimum atomic E-state index is -0.803. The maximum Gasteiger partial charge on any atom is 0.513 e. The van der Waals surface area contributed by atoms with Crippen LogP contribution in [0, 0.1) is 0 Å². The Morgan fingerprint density at radius 3 is 2.19 bits per heavy atom. The Labute approximate surface area is 214 Å². The van der Waals surface area contributed by atoms with Crippen molar-refractivity contribution in [3.05, 3.63) is 64.7 Å². The van der Waals surface area contributed by atoms with Crippen molar-refractivity contribution in [3.8, 4) is 5.75 Å². The van der Waals surface area contributed by atoms with Gasteiger partial charge in [0, 0.05) is 36.3 Å². The first-order valence-electron chi connectivity index (χ1n) is 12.3. The van der Waals surface area contributed by atoms with Crippen LogP contribution in [0.2, 0.25) is 0 Å². The molecule has 0 radical (unpaired) electrons. The first-order chi connectivity index (χ1) is 17.7. The molecule has 1 N–H and O–H groups in total. The molecular formula is C27H29N3O7. The van der Waals surface area contributed by atoms with E-state index in [1.807, 2.05) is 0 Å². The smallest absolute Gasteiger partial charge is 0.434 e. The molecule has 2 aromatic carbocycles. The number of carbonyl (C=O) groups is 5. The third kappa shape index (κ3) is 5.47. The fourth-order valence-electron chi connectivity index (χ4n) is 4.46. The van der Waals surface area contributed by atoms with E-state index in [1.165, 1.54) is 29.2 Å². The maximum absolute atomic E-state index is 12.9. The lowest BCUT2D eigenvalue weighted by atomic mass is 10.0. The van der Waals surface area contributed by atoms with Gasteiger partial charge in [0.05, 0.1) is 17.7 Å². The molecular weight excluding hydrogens is 478 g/mol. The molecule has 0 atom stereocenters. The van der Waals surface area contributed by atoms with Gasteiger partial charge in [-0.3, -0.25) is 24.1 Å². The molecule has 0 spiro atoms. The average molecular weight is 508 g/mol. The van der Waals surface area contributed by atoms with E-state index in [0.717, 1.165) is 0 Å². The van der Waals surface area contributed by atoms with Gasteiger partial charge in [-0.15, -0.1) is 0 Å². The van der Waals surface area contributed by atoms with Crippen LogP contribution in [0.1, 0.15) is 75.0 Å². The van der Waals surface area contributed by atoms with Crippen LogP contribution >= 0.6 is 0 Å². The zero-order valence-electron chi connectivity index (χ0n) is 21.0. The van der Waals surface area contributed by atoms with Crippen molar-refractivity contribution in [2.45, 2.75) is 45.7 Å². The van der Waals surface area contributed by atoms with Crippen LogP contribution in [-0.2, 0) is 4.74 Å². The van der Waals surface area contributed by atoms with Gasteiger partial charge >= 0.3 is 6.16 Å². The lowest BCUT2D eigenvalue weighted by Gasteiger charge is -2.32. The van der Waals surface area contributed by atoms with Crippen molar-refractivity contribution in [1.82, 2.24) is 15.1 Å².